The summed E-state index contributed by atoms with van der Waals surface area (Å²) in [4.78, 5) is 22.4. The van der Waals surface area contributed by atoms with Crippen LogP contribution in [-0.2, 0) is 0 Å². The van der Waals surface area contributed by atoms with Crippen molar-refractivity contribution in [3.05, 3.63) is 28.8 Å². The predicted molar refractivity (Wildman–Crippen MR) is 70.6 cm³/mol. The zero-order valence-corrected chi connectivity index (χ0v) is 10.6. The summed E-state index contributed by atoms with van der Waals surface area (Å²) in [6.07, 6.45) is 5.07. The number of carboxylic acid groups (broad SMARTS) is 2. The topological polar surface area (TPSA) is 101 Å². The van der Waals surface area contributed by atoms with Gasteiger partial charge in [-0.2, -0.15) is 0 Å². The molecule has 5 heteroatoms. The Morgan fingerprint density at radius 1 is 1.00 bits per heavy atom. The Morgan fingerprint density at radius 2 is 1.58 bits per heavy atom. The molecule has 5 nitrogen and oxygen atoms in total. The highest BCUT2D eigenvalue weighted by molar-refractivity contribution is 5.98. The van der Waals surface area contributed by atoms with Crippen LogP contribution in [0.3, 0.4) is 0 Å². The highest BCUT2D eigenvalue weighted by Gasteiger charge is 2.24. The second-order valence-corrected chi connectivity index (χ2v) is 4.97. The van der Waals surface area contributed by atoms with E-state index in [1.54, 1.807) is 0 Å². The van der Waals surface area contributed by atoms with Crippen LogP contribution in [0.1, 0.15) is 64.3 Å². The lowest BCUT2D eigenvalue weighted by molar-refractivity contribution is 0.0680. The van der Waals surface area contributed by atoms with Crippen LogP contribution in [0, 0.1) is 0 Å². The van der Waals surface area contributed by atoms with E-state index in [2.05, 4.69) is 0 Å². The van der Waals surface area contributed by atoms with Gasteiger partial charge in [0.1, 0.15) is 0 Å². The molecular weight excluding hydrogens is 246 g/mol. The maximum Gasteiger partial charge on any atom is 0.337 e. The molecule has 2 rings (SSSR count). The number of nitrogens with two attached hydrogens (primary N) is 1. The van der Waals surface area contributed by atoms with Gasteiger partial charge in [0.2, 0.25) is 0 Å². The average Bonchev–Trinajstić information content (AvgIpc) is 2.38. The largest absolute Gasteiger partial charge is 0.478 e. The number of hydrogen-bond acceptors (Lipinski definition) is 3. The Bertz CT molecular complexity index is 518. The third-order valence-corrected chi connectivity index (χ3v) is 3.73. The molecule has 4 N–H and O–H groups in total. The minimum atomic E-state index is -1.12. The quantitative estimate of drug-likeness (QED) is 0.728. The van der Waals surface area contributed by atoms with Crippen molar-refractivity contribution in [2.24, 2.45) is 0 Å². The lowest BCUT2D eigenvalue weighted by Crippen LogP contribution is -2.14. The Labute approximate surface area is 111 Å². The predicted octanol–water partition coefficient (Wildman–Crippen LogP) is 2.71. The number of hydrogen-bond donors (Lipinski definition) is 3. The molecule has 1 fully saturated rings. The Hall–Kier alpha value is -2.04. The van der Waals surface area contributed by atoms with Gasteiger partial charge in [0.15, 0.2) is 0 Å². The Balaban J connectivity index is 2.51. The van der Waals surface area contributed by atoms with Gasteiger partial charge in [-0.3, -0.25) is 0 Å². The van der Waals surface area contributed by atoms with Gasteiger partial charge in [0, 0.05) is 5.69 Å². The van der Waals surface area contributed by atoms with Crippen molar-refractivity contribution in [3.63, 3.8) is 0 Å². The standard InChI is InChI=1S/C14H17NO4/c15-12-7-10(13(16)17)9(6-11(12)14(18)19)8-4-2-1-3-5-8/h6-8H,1-5,15H2,(H,16,17)(H,18,19). The molecular formula is C14H17NO4. The van der Waals surface area contributed by atoms with Crippen LogP contribution < -0.4 is 5.73 Å². The van der Waals surface area contributed by atoms with E-state index in [0.717, 1.165) is 32.1 Å². The van der Waals surface area contributed by atoms with Gasteiger partial charge < -0.3 is 15.9 Å². The van der Waals surface area contributed by atoms with Crippen molar-refractivity contribution in [2.75, 3.05) is 5.73 Å². The fourth-order valence-corrected chi connectivity index (χ4v) is 2.75. The number of rotatable bonds is 3. The minimum absolute atomic E-state index is 0.00413. The summed E-state index contributed by atoms with van der Waals surface area (Å²) < 4.78 is 0. The molecule has 0 amide bonds. The van der Waals surface area contributed by atoms with Crippen molar-refractivity contribution in [1.82, 2.24) is 0 Å². The van der Waals surface area contributed by atoms with Crippen LogP contribution in [0.25, 0.3) is 0 Å². The summed E-state index contributed by atoms with van der Waals surface area (Å²) in [6, 6.07) is 2.72. The summed E-state index contributed by atoms with van der Waals surface area (Å²) in [5.74, 6) is -2.05. The van der Waals surface area contributed by atoms with Gasteiger partial charge in [-0.25, -0.2) is 9.59 Å². The molecule has 0 radical (unpaired) electrons. The normalized spacial score (nSPS) is 16.2. The minimum Gasteiger partial charge on any atom is -0.478 e. The molecule has 1 aliphatic rings. The highest BCUT2D eigenvalue weighted by atomic mass is 16.4. The first-order valence-corrected chi connectivity index (χ1v) is 6.40. The van der Waals surface area contributed by atoms with Gasteiger partial charge in [0.25, 0.3) is 0 Å². The first kappa shape index (κ1) is 13.4. The van der Waals surface area contributed by atoms with Gasteiger partial charge in [0.05, 0.1) is 11.1 Å². The molecule has 19 heavy (non-hydrogen) atoms. The van der Waals surface area contributed by atoms with E-state index in [1.807, 2.05) is 0 Å². The molecule has 0 aliphatic heterocycles. The first-order valence-electron chi connectivity index (χ1n) is 6.40. The van der Waals surface area contributed by atoms with E-state index in [-0.39, 0.29) is 22.7 Å². The highest BCUT2D eigenvalue weighted by Crippen LogP contribution is 2.36. The number of nitrogen functional groups attached to an aromatic ring is 1. The van der Waals surface area contributed by atoms with E-state index in [1.165, 1.54) is 12.1 Å². The number of aromatic carboxylic acids is 2. The van der Waals surface area contributed by atoms with Gasteiger partial charge in [-0.1, -0.05) is 19.3 Å². The Morgan fingerprint density at radius 3 is 2.11 bits per heavy atom. The lowest BCUT2D eigenvalue weighted by Gasteiger charge is -2.24. The maximum atomic E-state index is 11.3. The van der Waals surface area contributed by atoms with Crippen LogP contribution >= 0.6 is 0 Å². The molecule has 1 saturated carbocycles. The fourth-order valence-electron chi connectivity index (χ4n) is 2.75. The number of benzene rings is 1. The molecule has 0 bridgehead atoms. The van der Waals surface area contributed by atoms with Crippen molar-refractivity contribution in [3.8, 4) is 0 Å². The van der Waals surface area contributed by atoms with E-state index in [4.69, 9.17) is 10.8 Å². The summed E-state index contributed by atoms with van der Waals surface area (Å²) in [6.45, 7) is 0. The molecule has 1 aromatic carbocycles. The van der Waals surface area contributed by atoms with Crippen LogP contribution in [0.4, 0.5) is 5.69 Å². The average molecular weight is 263 g/mol. The van der Waals surface area contributed by atoms with Crippen molar-refractivity contribution >= 4 is 17.6 Å². The molecule has 102 valence electrons. The second kappa shape index (κ2) is 5.30. The summed E-state index contributed by atoms with van der Waals surface area (Å²) in [7, 11) is 0. The number of carboxylic acids is 2. The van der Waals surface area contributed by atoms with E-state index >= 15 is 0 Å². The number of anilines is 1. The zero-order chi connectivity index (χ0) is 14.0. The van der Waals surface area contributed by atoms with Crippen LogP contribution in [0.15, 0.2) is 12.1 Å². The fraction of sp³-hybridized carbons (Fsp3) is 0.429. The molecule has 1 aliphatic carbocycles. The molecule has 0 heterocycles. The van der Waals surface area contributed by atoms with Gasteiger partial charge in [-0.05, 0) is 36.5 Å². The van der Waals surface area contributed by atoms with Gasteiger partial charge >= 0.3 is 11.9 Å². The zero-order valence-electron chi connectivity index (χ0n) is 10.6. The maximum absolute atomic E-state index is 11.3. The first-order chi connectivity index (χ1) is 9.00. The van der Waals surface area contributed by atoms with Crippen LogP contribution in [-0.4, -0.2) is 22.2 Å². The molecule has 0 saturated heterocycles. The van der Waals surface area contributed by atoms with Crippen molar-refractivity contribution in [1.29, 1.82) is 0 Å². The molecule has 0 atom stereocenters. The number of carbonyl (C=O) groups is 2. The second-order valence-electron chi connectivity index (χ2n) is 4.97. The summed E-state index contributed by atoms with van der Waals surface area (Å²) in [5.41, 5.74) is 6.35. The van der Waals surface area contributed by atoms with Crippen LogP contribution in [0.5, 0.6) is 0 Å². The SMILES string of the molecule is Nc1cc(C(=O)O)c(C2CCCCC2)cc1C(=O)O. The van der Waals surface area contributed by atoms with Gasteiger partial charge in [-0.15, -0.1) is 0 Å². The molecule has 0 unspecified atom stereocenters. The lowest BCUT2D eigenvalue weighted by atomic mass is 9.81. The molecule has 0 aromatic heterocycles. The Kier molecular flexibility index (Phi) is 3.74. The molecule has 0 spiro atoms. The van der Waals surface area contributed by atoms with E-state index in [0.29, 0.717) is 5.56 Å². The monoisotopic (exact) mass is 263 g/mol. The summed E-state index contributed by atoms with van der Waals surface area (Å²) >= 11 is 0. The smallest absolute Gasteiger partial charge is 0.337 e. The van der Waals surface area contributed by atoms with E-state index in [9.17, 15) is 14.7 Å². The molecule has 1 aromatic rings. The summed E-state index contributed by atoms with van der Waals surface area (Å²) in [5, 5.41) is 18.3. The van der Waals surface area contributed by atoms with Crippen molar-refractivity contribution in [2.45, 2.75) is 38.0 Å². The van der Waals surface area contributed by atoms with E-state index < -0.39 is 11.9 Å². The van der Waals surface area contributed by atoms with Crippen molar-refractivity contribution < 1.29 is 19.8 Å². The van der Waals surface area contributed by atoms with Crippen LogP contribution in [0.2, 0.25) is 0 Å². The third-order valence-electron chi connectivity index (χ3n) is 3.73. The third kappa shape index (κ3) is 2.70.